The molecule has 12 atom stereocenters. The normalized spacial score (nSPS) is 51.9. The Balaban J connectivity index is 1.36. The molecular weight excluding hydrogens is 412 g/mol. The molecule has 0 aromatic rings. The fraction of sp³-hybridized carbons (Fsp3) is 0.905. The first-order chi connectivity index (χ1) is 14.5. The summed E-state index contributed by atoms with van der Waals surface area (Å²) in [5.41, 5.74) is 1.12. The number of ether oxygens (including phenoxy) is 4. The predicted octanol–water partition coefficient (Wildman–Crippen LogP) is -1.74. The van der Waals surface area contributed by atoms with Crippen molar-refractivity contribution in [2.45, 2.75) is 88.1 Å². The molecular formula is C21H34O10. The van der Waals surface area contributed by atoms with Crippen molar-refractivity contribution in [3.8, 4) is 0 Å². The molecule has 6 N–H and O–H groups in total. The van der Waals surface area contributed by atoms with Gasteiger partial charge in [0.15, 0.2) is 12.6 Å². The molecule has 0 aromatic carbocycles. The van der Waals surface area contributed by atoms with Crippen molar-refractivity contribution in [3.63, 3.8) is 0 Å². The van der Waals surface area contributed by atoms with E-state index >= 15 is 0 Å². The lowest BCUT2D eigenvalue weighted by Gasteiger charge is -2.60. The lowest BCUT2D eigenvalue weighted by Crippen LogP contribution is -2.62. The molecule has 0 amide bonds. The molecule has 2 heterocycles. The second-order valence-electron chi connectivity index (χ2n) is 9.84. The maximum absolute atomic E-state index is 10.4. The van der Waals surface area contributed by atoms with Crippen LogP contribution in [0, 0.1) is 17.3 Å². The molecule has 0 unspecified atom stereocenters. The Morgan fingerprint density at radius 2 is 1.61 bits per heavy atom. The highest BCUT2D eigenvalue weighted by molar-refractivity contribution is 5.23. The van der Waals surface area contributed by atoms with E-state index in [2.05, 4.69) is 20.4 Å². The van der Waals surface area contributed by atoms with Crippen molar-refractivity contribution < 1.29 is 49.6 Å². The van der Waals surface area contributed by atoms with Gasteiger partial charge in [0.05, 0.1) is 19.3 Å². The maximum Gasteiger partial charge on any atom is 0.187 e. The third kappa shape index (κ3) is 4.08. The summed E-state index contributed by atoms with van der Waals surface area (Å²) in [6.07, 6.45) is -10.6. The Labute approximate surface area is 181 Å². The average Bonchev–Trinajstić information content (AvgIpc) is 2.73. The molecule has 3 saturated carbocycles. The van der Waals surface area contributed by atoms with Gasteiger partial charge in [-0.2, -0.15) is 0 Å². The number of hydrogen-bond acceptors (Lipinski definition) is 10. The molecule has 0 radical (unpaired) electrons. The molecule has 31 heavy (non-hydrogen) atoms. The standard InChI is InChI=1S/C21H34O10/c1-8-10-4-9(21(10,2)3)5-12(8)30-20-18(27)16(25)15(24)13(31-20)7-29-19-17(26)14(23)11(22)6-28-19/h9-20,22-27H,1,4-7H2,2-3H3/t9-,10+,11+,12+,13-,14-,15-,16+,17-,18-,19-,20-/m1/s1. The summed E-state index contributed by atoms with van der Waals surface area (Å²) in [5.74, 6) is 0.813. The van der Waals surface area contributed by atoms with E-state index in [1.165, 1.54) is 0 Å². The summed E-state index contributed by atoms with van der Waals surface area (Å²) >= 11 is 0. The Morgan fingerprint density at radius 1 is 0.935 bits per heavy atom. The van der Waals surface area contributed by atoms with Crippen LogP contribution in [0.25, 0.3) is 0 Å². The van der Waals surface area contributed by atoms with Gasteiger partial charge >= 0.3 is 0 Å². The van der Waals surface area contributed by atoms with Gasteiger partial charge in [-0.05, 0) is 35.7 Å². The first-order valence-electron chi connectivity index (χ1n) is 10.8. The zero-order chi connectivity index (χ0) is 22.7. The van der Waals surface area contributed by atoms with Gasteiger partial charge in [-0.15, -0.1) is 0 Å². The van der Waals surface area contributed by atoms with Crippen LogP contribution in [-0.4, -0.2) is 105 Å². The zero-order valence-corrected chi connectivity index (χ0v) is 17.8. The van der Waals surface area contributed by atoms with Crippen LogP contribution in [0.3, 0.4) is 0 Å². The minimum Gasteiger partial charge on any atom is -0.388 e. The van der Waals surface area contributed by atoms with E-state index in [1.54, 1.807) is 0 Å². The molecule has 2 aliphatic heterocycles. The summed E-state index contributed by atoms with van der Waals surface area (Å²) in [7, 11) is 0. The van der Waals surface area contributed by atoms with Crippen LogP contribution in [-0.2, 0) is 18.9 Å². The topological polar surface area (TPSA) is 158 Å². The van der Waals surface area contributed by atoms with Crippen LogP contribution in [0.15, 0.2) is 12.2 Å². The molecule has 5 aliphatic rings. The van der Waals surface area contributed by atoms with Gasteiger partial charge in [0, 0.05) is 0 Å². The van der Waals surface area contributed by atoms with E-state index in [4.69, 9.17) is 18.9 Å². The highest BCUT2D eigenvalue weighted by atomic mass is 16.7. The van der Waals surface area contributed by atoms with Crippen molar-refractivity contribution in [1.29, 1.82) is 0 Å². The molecule has 3 aliphatic carbocycles. The van der Waals surface area contributed by atoms with Gasteiger partial charge in [0.1, 0.15) is 42.7 Å². The molecule has 5 rings (SSSR count). The van der Waals surface area contributed by atoms with E-state index in [9.17, 15) is 30.6 Å². The second kappa shape index (κ2) is 8.60. The number of rotatable bonds is 5. The molecule has 2 bridgehead atoms. The third-order valence-corrected chi connectivity index (χ3v) is 7.68. The molecule has 0 aromatic heterocycles. The zero-order valence-electron chi connectivity index (χ0n) is 17.8. The van der Waals surface area contributed by atoms with Gasteiger partial charge in [-0.25, -0.2) is 0 Å². The SMILES string of the molecule is C=C1[C@@H](O[C@@H]2O[C@H](CO[C@H]3OC[C@H](O)[C@@H](O)[C@H]3O)[C@@H](O)[C@H](O)[C@H]2O)C[C@H]2C[C@@H]1C2(C)C. The molecule has 10 nitrogen and oxygen atoms in total. The molecule has 2 saturated heterocycles. The molecule has 178 valence electrons. The van der Waals surface area contributed by atoms with Gasteiger partial charge in [0.2, 0.25) is 0 Å². The third-order valence-electron chi connectivity index (χ3n) is 7.68. The molecule has 0 spiro atoms. The molecule has 5 fully saturated rings. The Kier molecular flexibility index (Phi) is 6.52. The maximum atomic E-state index is 10.4. The van der Waals surface area contributed by atoms with E-state index in [0.717, 1.165) is 18.4 Å². The van der Waals surface area contributed by atoms with E-state index < -0.39 is 55.3 Å². The van der Waals surface area contributed by atoms with Crippen LogP contribution in [0.5, 0.6) is 0 Å². The largest absolute Gasteiger partial charge is 0.388 e. The highest BCUT2D eigenvalue weighted by Gasteiger charge is 2.56. The van der Waals surface area contributed by atoms with Gasteiger partial charge in [-0.1, -0.05) is 20.4 Å². The summed E-state index contributed by atoms with van der Waals surface area (Å²) in [6, 6.07) is 0. The van der Waals surface area contributed by atoms with Crippen molar-refractivity contribution in [3.05, 3.63) is 12.2 Å². The lowest BCUT2D eigenvalue weighted by molar-refractivity contribution is -0.329. The Morgan fingerprint density at radius 3 is 2.26 bits per heavy atom. The van der Waals surface area contributed by atoms with Crippen LogP contribution in [0.1, 0.15) is 26.7 Å². The average molecular weight is 446 g/mol. The van der Waals surface area contributed by atoms with Crippen LogP contribution >= 0.6 is 0 Å². The van der Waals surface area contributed by atoms with Crippen LogP contribution < -0.4 is 0 Å². The quantitative estimate of drug-likeness (QED) is 0.268. The fourth-order valence-electron chi connectivity index (χ4n) is 5.27. The van der Waals surface area contributed by atoms with Crippen LogP contribution in [0.4, 0.5) is 0 Å². The summed E-state index contributed by atoms with van der Waals surface area (Å²) < 4.78 is 22.3. The number of aliphatic hydroxyl groups excluding tert-OH is 6. The second-order valence-corrected chi connectivity index (χ2v) is 9.84. The smallest absolute Gasteiger partial charge is 0.187 e. The minimum atomic E-state index is -1.53. The highest BCUT2D eigenvalue weighted by Crippen LogP contribution is 2.61. The fourth-order valence-corrected chi connectivity index (χ4v) is 5.27. The number of fused-ring (bicyclic) bond motifs is 2. The summed E-state index contributed by atoms with van der Waals surface area (Å²) in [6.45, 7) is 8.07. The van der Waals surface area contributed by atoms with Crippen molar-refractivity contribution in [2.75, 3.05) is 13.2 Å². The van der Waals surface area contributed by atoms with Gasteiger partial charge < -0.3 is 49.6 Å². The summed E-state index contributed by atoms with van der Waals surface area (Å²) in [4.78, 5) is 0. The first-order valence-corrected chi connectivity index (χ1v) is 10.8. The van der Waals surface area contributed by atoms with Gasteiger partial charge in [0.25, 0.3) is 0 Å². The molecule has 10 heteroatoms. The van der Waals surface area contributed by atoms with Gasteiger partial charge in [-0.3, -0.25) is 0 Å². The monoisotopic (exact) mass is 446 g/mol. The predicted molar refractivity (Wildman–Crippen MR) is 104 cm³/mol. The van der Waals surface area contributed by atoms with E-state index in [1.807, 2.05) is 0 Å². The Hall–Kier alpha value is -0.660. The van der Waals surface area contributed by atoms with Crippen molar-refractivity contribution in [1.82, 2.24) is 0 Å². The first kappa shape index (κ1) is 23.5. The van der Waals surface area contributed by atoms with E-state index in [0.29, 0.717) is 11.8 Å². The van der Waals surface area contributed by atoms with E-state index in [-0.39, 0.29) is 24.7 Å². The summed E-state index contributed by atoms with van der Waals surface area (Å²) in [5, 5.41) is 60.2. The van der Waals surface area contributed by atoms with Crippen molar-refractivity contribution in [2.24, 2.45) is 17.3 Å². The lowest BCUT2D eigenvalue weighted by atomic mass is 9.47. The number of aliphatic hydroxyl groups is 6. The van der Waals surface area contributed by atoms with Crippen LogP contribution in [0.2, 0.25) is 0 Å². The minimum absolute atomic E-state index is 0.175. The van der Waals surface area contributed by atoms with Crippen molar-refractivity contribution >= 4 is 0 Å². The Bertz CT molecular complexity index is 671. The number of hydrogen-bond donors (Lipinski definition) is 6.